The van der Waals surface area contributed by atoms with Crippen LogP contribution < -0.4 is 5.32 Å². The third kappa shape index (κ3) is 5.17. The van der Waals surface area contributed by atoms with Crippen LogP contribution in [0.1, 0.15) is 15.9 Å². The molecule has 1 N–H and O–H groups in total. The van der Waals surface area contributed by atoms with Crippen molar-refractivity contribution in [3.8, 4) is 0 Å². The molecule has 0 aliphatic carbocycles. The number of amides is 1. The first-order valence-electron chi connectivity index (χ1n) is 6.67. The number of rotatable bonds is 5. The molecule has 0 saturated carbocycles. The molecule has 2 aromatic rings. The van der Waals surface area contributed by atoms with Crippen LogP contribution in [-0.2, 0) is 6.42 Å². The van der Waals surface area contributed by atoms with E-state index in [2.05, 4.69) is 21.2 Å². The standard InChI is InChI=1S/C15H9BrClF3N2O3/c16-11-5-9(6-12(13(11)18)22(24)25)14(23)21-10-3-1-8(2-4-10)7-15(17,19)20/h1-6H,7H2,(H,21,23). The lowest BCUT2D eigenvalue weighted by Crippen LogP contribution is -2.13. The molecule has 25 heavy (non-hydrogen) atoms. The second-order valence-electron chi connectivity index (χ2n) is 4.99. The van der Waals surface area contributed by atoms with Crippen LogP contribution in [0.15, 0.2) is 40.9 Å². The molecule has 0 radical (unpaired) electrons. The van der Waals surface area contributed by atoms with E-state index in [9.17, 15) is 28.1 Å². The molecule has 0 heterocycles. The number of nitrogens with zero attached hydrogens (tertiary/aromatic N) is 1. The number of alkyl halides is 3. The van der Waals surface area contributed by atoms with Crippen molar-refractivity contribution < 1.29 is 22.9 Å². The summed E-state index contributed by atoms with van der Waals surface area (Å²) in [4.78, 5) is 22.0. The first kappa shape index (κ1) is 19.2. The summed E-state index contributed by atoms with van der Waals surface area (Å²) in [6, 6.07) is 7.37. The Morgan fingerprint density at radius 2 is 1.88 bits per heavy atom. The number of hydrogen-bond donors (Lipinski definition) is 1. The van der Waals surface area contributed by atoms with Crippen molar-refractivity contribution >= 4 is 44.8 Å². The number of nitrogens with one attached hydrogen (secondary N) is 1. The Morgan fingerprint density at radius 1 is 1.28 bits per heavy atom. The maximum atomic E-state index is 13.6. The molecule has 2 aromatic carbocycles. The highest BCUT2D eigenvalue weighted by Gasteiger charge is 2.25. The minimum absolute atomic E-state index is 0.142. The summed E-state index contributed by atoms with van der Waals surface area (Å²) in [5.74, 6) is -1.81. The molecule has 2 rings (SSSR count). The number of nitro benzene ring substituents is 1. The van der Waals surface area contributed by atoms with Crippen molar-refractivity contribution in [1.29, 1.82) is 0 Å². The molecule has 0 saturated heterocycles. The summed E-state index contributed by atoms with van der Waals surface area (Å²) < 4.78 is 38.8. The number of carbonyl (C=O) groups is 1. The molecule has 132 valence electrons. The van der Waals surface area contributed by atoms with E-state index < -0.39 is 34.1 Å². The van der Waals surface area contributed by atoms with Gasteiger partial charge in [0.05, 0.1) is 15.8 Å². The lowest BCUT2D eigenvalue weighted by atomic mass is 10.1. The van der Waals surface area contributed by atoms with Crippen LogP contribution in [0.5, 0.6) is 0 Å². The summed E-state index contributed by atoms with van der Waals surface area (Å²) >= 11 is 7.66. The van der Waals surface area contributed by atoms with E-state index in [-0.39, 0.29) is 21.3 Å². The third-order valence-corrected chi connectivity index (χ3v) is 3.79. The second kappa shape index (κ2) is 7.40. The molecule has 0 spiro atoms. The van der Waals surface area contributed by atoms with E-state index in [0.29, 0.717) is 0 Å². The zero-order chi connectivity index (χ0) is 18.8. The quantitative estimate of drug-likeness (QED) is 0.401. The van der Waals surface area contributed by atoms with Gasteiger partial charge in [-0.05, 0) is 51.3 Å². The van der Waals surface area contributed by atoms with Crippen molar-refractivity contribution in [2.45, 2.75) is 11.8 Å². The summed E-state index contributed by atoms with van der Waals surface area (Å²) in [5.41, 5.74) is -0.455. The highest BCUT2D eigenvalue weighted by Crippen LogP contribution is 2.28. The predicted octanol–water partition coefficient (Wildman–Crippen LogP) is 5.12. The third-order valence-electron chi connectivity index (χ3n) is 3.08. The Bertz CT molecular complexity index is 826. The molecule has 0 aromatic heterocycles. The minimum Gasteiger partial charge on any atom is -0.322 e. The Balaban J connectivity index is 2.18. The topological polar surface area (TPSA) is 72.2 Å². The van der Waals surface area contributed by atoms with Crippen molar-refractivity contribution in [3.63, 3.8) is 0 Å². The first-order chi connectivity index (χ1) is 11.6. The minimum atomic E-state index is -3.37. The molecule has 0 atom stereocenters. The molecule has 0 unspecified atom stereocenters. The molecule has 0 fully saturated rings. The highest BCUT2D eigenvalue weighted by molar-refractivity contribution is 9.10. The van der Waals surface area contributed by atoms with Gasteiger partial charge < -0.3 is 5.32 Å². The predicted molar refractivity (Wildman–Crippen MR) is 89.7 cm³/mol. The average Bonchev–Trinajstić information content (AvgIpc) is 2.50. The fourth-order valence-electron chi connectivity index (χ4n) is 1.98. The number of nitro groups is 1. The maximum absolute atomic E-state index is 13.6. The van der Waals surface area contributed by atoms with Gasteiger partial charge in [0.25, 0.3) is 5.91 Å². The van der Waals surface area contributed by atoms with Gasteiger partial charge in [-0.15, -0.1) is 0 Å². The smallest absolute Gasteiger partial charge is 0.322 e. The molecular weight excluding hydrogens is 429 g/mol. The first-order valence-corrected chi connectivity index (χ1v) is 7.84. The summed E-state index contributed by atoms with van der Waals surface area (Å²) in [5, 5.41) is 9.86. The van der Waals surface area contributed by atoms with Gasteiger partial charge in [-0.2, -0.15) is 13.2 Å². The van der Waals surface area contributed by atoms with Crippen molar-refractivity contribution in [2.24, 2.45) is 0 Å². The zero-order valence-electron chi connectivity index (χ0n) is 12.2. The highest BCUT2D eigenvalue weighted by atomic mass is 79.9. The fraction of sp³-hybridized carbons (Fsp3) is 0.133. The summed E-state index contributed by atoms with van der Waals surface area (Å²) in [6.07, 6.45) is -0.667. The van der Waals surface area contributed by atoms with E-state index in [1.165, 1.54) is 24.3 Å². The van der Waals surface area contributed by atoms with Crippen molar-refractivity contribution in [3.05, 3.63) is 67.9 Å². The SMILES string of the molecule is O=C(Nc1ccc(CC(F)(F)Cl)cc1)c1cc(Br)c(F)c([N+](=O)[O-])c1. The molecule has 0 bridgehead atoms. The Labute approximate surface area is 153 Å². The molecule has 10 heteroatoms. The Hall–Kier alpha value is -2.13. The van der Waals surface area contributed by atoms with Crippen LogP contribution in [0.2, 0.25) is 0 Å². The molecular formula is C15H9BrClF3N2O3. The van der Waals surface area contributed by atoms with E-state index in [1.807, 2.05) is 0 Å². The lowest BCUT2D eigenvalue weighted by Gasteiger charge is -2.09. The monoisotopic (exact) mass is 436 g/mol. The van der Waals surface area contributed by atoms with Crippen LogP contribution in [0.3, 0.4) is 0 Å². The van der Waals surface area contributed by atoms with Crippen molar-refractivity contribution in [1.82, 2.24) is 0 Å². The van der Waals surface area contributed by atoms with E-state index >= 15 is 0 Å². The van der Waals surface area contributed by atoms with Crippen LogP contribution in [-0.4, -0.2) is 16.2 Å². The van der Waals surface area contributed by atoms with Gasteiger partial charge in [0.2, 0.25) is 5.82 Å². The number of benzene rings is 2. The Morgan fingerprint density at radius 3 is 2.40 bits per heavy atom. The van der Waals surface area contributed by atoms with Gasteiger partial charge in [0.15, 0.2) is 0 Å². The van der Waals surface area contributed by atoms with E-state index in [0.717, 1.165) is 12.1 Å². The van der Waals surface area contributed by atoms with Gasteiger partial charge in [-0.1, -0.05) is 12.1 Å². The number of anilines is 1. The molecule has 0 aliphatic heterocycles. The van der Waals surface area contributed by atoms with Gasteiger partial charge in [0, 0.05) is 17.3 Å². The van der Waals surface area contributed by atoms with Gasteiger partial charge in [-0.25, -0.2) is 0 Å². The maximum Gasteiger partial charge on any atom is 0.325 e. The van der Waals surface area contributed by atoms with E-state index in [4.69, 9.17) is 11.6 Å². The van der Waals surface area contributed by atoms with Crippen LogP contribution >= 0.6 is 27.5 Å². The average molecular weight is 438 g/mol. The fourth-order valence-corrected chi connectivity index (χ4v) is 2.58. The van der Waals surface area contributed by atoms with Gasteiger partial charge in [0.1, 0.15) is 0 Å². The number of carbonyl (C=O) groups excluding carboxylic acids is 1. The molecule has 1 amide bonds. The number of halogens is 5. The zero-order valence-corrected chi connectivity index (χ0v) is 14.6. The van der Waals surface area contributed by atoms with Gasteiger partial charge in [-0.3, -0.25) is 14.9 Å². The normalized spacial score (nSPS) is 11.2. The lowest BCUT2D eigenvalue weighted by molar-refractivity contribution is -0.387. The molecule has 0 aliphatic rings. The summed E-state index contributed by atoms with van der Waals surface area (Å²) in [6.45, 7) is 0. The summed E-state index contributed by atoms with van der Waals surface area (Å²) in [7, 11) is 0. The second-order valence-corrected chi connectivity index (χ2v) is 6.40. The van der Waals surface area contributed by atoms with Crippen LogP contribution in [0, 0.1) is 15.9 Å². The number of hydrogen-bond acceptors (Lipinski definition) is 3. The van der Waals surface area contributed by atoms with Crippen molar-refractivity contribution in [2.75, 3.05) is 5.32 Å². The van der Waals surface area contributed by atoms with Gasteiger partial charge >= 0.3 is 11.1 Å². The van der Waals surface area contributed by atoms with Crippen LogP contribution in [0.4, 0.5) is 24.5 Å². The largest absolute Gasteiger partial charge is 0.325 e. The van der Waals surface area contributed by atoms with E-state index in [1.54, 1.807) is 0 Å². The van der Waals surface area contributed by atoms with Crippen LogP contribution in [0.25, 0.3) is 0 Å². The molecule has 5 nitrogen and oxygen atoms in total. The Kier molecular flexibility index (Phi) is 5.69.